The predicted octanol–water partition coefficient (Wildman–Crippen LogP) is 3.16. The molecular weight excluding hydrogens is 336 g/mol. The Morgan fingerprint density at radius 1 is 1.32 bits per heavy atom. The van der Waals surface area contributed by atoms with Crippen LogP contribution in [0.2, 0.25) is 0 Å². The summed E-state index contributed by atoms with van der Waals surface area (Å²) >= 11 is 1.64. The number of anilines is 1. The molecular formula is C19H22N2O3S. The van der Waals surface area contributed by atoms with E-state index in [1.165, 1.54) is 0 Å². The van der Waals surface area contributed by atoms with Crippen molar-refractivity contribution in [3.63, 3.8) is 0 Å². The summed E-state index contributed by atoms with van der Waals surface area (Å²) in [5.41, 5.74) is 0.808. The molecule has 0 saturated carbocycles. The van der Waals surface area contributed by atoms with Crippen molar-refractivity contribution >= 4 is 28.8 Å². The highest BCUT2D eigenvalue weighted by Gasteiger charge is 2.37. The van der Waals surface area contributed by atoms with Crippen molar-refractivity contribution in [2.24, 2.45) is 5.92 Å². The van der Waals surface area contributed by atoms with Crippen LogP contribution in [0.15, 0.2) is 41.8 Å². The lowest BCUT2D eigenvalue weighted by molar-refractivity contribution is -0.136. The molecule has 1 aliphatic rings. The molecule has 0 spiro atoms. The van der Waals surface area contributed by atoms with Gasteiger partial charge in [0, 0.05) is 30.1 Å². The third-order valence-corrected chi connectivity index (χ3v) is 5.34. The van der Waals surface area contributed by atoms with Gasteiger partial charge in [0.15, 0.2) is 0 Å². The SMILES string of the molecule is CCN(Cc1cccs1)C(=O)C1CC(=O)N(c2ccc(OC)cc2)C1. The van der Waals surface area contributed by atoms with Gasteiger partial charge in [-0.2, -0.15) is 0 Å². The number of ether oxygens (including phenoxy) is 1. The number of rotatable bonds is 6. The number of thiophene rings is 1. The van der Waals surface area contributed by atoms with Crippen molar-refractivity contribution in [2.45, 2.75) is 19.9 Å². The van der Waals surface area contributed by atoms with Crippen molar-refractivity contribution in [3.05, 3.63) is 46.7 Å². The van der Waals surface area contributed by atoms with Crippen molar-refractivity contribution in [1.29, 1.82) is 0 Å². The fraction of sp³-hybridized carbons (Fsp3) is 0.368. The van der Waals surface area contributed by atoms with E-state index in [4.69, 9.17) is 4.74 Å². The summed E-state index contributed by atoms with van der Waals surface area (Å²) in [5.74, 6) is 0.515. The van der Waals surface area contributed by atoms with Gasteiger partial charge in [0.1, 0.15) is 5.75 Å². The molecule has 2 amide bonds. The van der Waals surface area contributed by atoms with Gasteiger partial charge in [-0.15, -0.1) is 11.3 Å². The van der Waals surface area contributed by atoms with E-state index in [9.17, 15) is 9.59 Å². The molecule has 5 nitrogen and oxygen atoms in total. The Balaban J connectivity index is 1.68. The average Bonchev–Trinajstić information content (AvgIpc) is 3.28. The van der Waals surface area contributed by atoms with Crippen molar-refractivity contribution in [1.82, 2.24) is 4.90 Å². The van der Waals surface area contributed by atoms with Crippen molar-refractivity contribution in [3.8, 4) is 5.75 Å². The first-order valence-electron chi connectivity index (χ1n) is 8.38. The van der Waals surface area contributed by atoms with Crippen molar-refractivity contribution in [2.75, 3.05) is 25.1 Å². The molecule has 1 fully saturated rings. The summed E-state index contributed by atoms with van der Waals surface area (Å²) in [6.07, 6.45) is 0.270. The number of carbonyl (C=O) groups excluding carboxylic acids is 2. The third-order valence-electron chi connectivity index (χ3n) is 4.48. The number of hydrogen-bond donors (Lipinski definition) is 0. The summed E-state index contributed by atoms with van der Waals surface area (Å²) in [5, 5.41) is 2.01. The second-order valence-corrected chi connectivity index (χ2v) is 7.07. The Morgan fingerprint density at radius 3 is 2.68 bits per heavy atom. The lowest BCUT2D eigenvalue weighted by Crippen LogP contribution is -2.36. The molecule has 0 N–H and O–H groups in total. The predicted molar refractivity (Wildman–Crippen MR) is 98.9 cm³/mol. The van der Waals surface area contributed by atoms with Gasteiger partial charge < -0.3 is 14.5 Å². The van der Waals surface area contributed by atoms with Gasteiger partial charge in [-0.05, 0) is 42.6 Å². The van der Waals surface area contributed by atoms with Crippen LogP contribution >= 0.6 is 11.3 Å². The average molecular weight is 358 g/mol. The Labute approximate surface area is 151 Å². The van der Waals surface area contributed by atoms with Gasteiger partial charge in [0.25, 0.3) is 0 Å². The highest BCUT2D eigenvalue weighted by atomic mass is 32.1. The number of carbonyl (C=O) groups is 2. The Morgan fingerprint density at radius 2 is 2.08 bits per heavy atom. The van der Waals surface area contributed by atoms with E-state index in [1.807, 2.05) is 53.6 Å². The summed E-state index contributed by atoms with van der Waals surface area (Å²) in [6, 6.07) is 11.4. The van der Waals surface area contributed by atoms with Gasteiger partial charge in [-0.1, -0.05) is 6.07 Å². The third kappa shape index (κ3) is 3.85. The van der Waals surface area contributed by atoms with E-state index in [-0.39, 0.29) is 24.2 Å². The van der Waals surface area contributed by atoms with Gasteiger partial charge in [0.2, 0.25) is 11.8 Å². The molecule has 132 valence electrons. The van der Waals surface area contributed by atoms with Crippen LogP contribution in [-0.4, -0.2) is 36.9 Å². The van der Waals surface area contributed by atoms with Crippen LogP contribution < -0.4 is 9.64 Å². The van der Waals surface area contributed by atoms with E-state index in [0.29, 0.717) is 19.6 Å². The zero-order valence-corrected chi connectivity index (χ0v) is 15.3. The van der Waals surface area contributed by atoms with E-state index >= 15 is 0 Å². The van der Waals surface area contributed by atoms with Gasteiger partial charge >= 0.3 is 0 Å². The van der Waals surface area contributed by atoms with Crippen LogP contribution in [0.5, 0.6) is 5.75 Å². The molecule has 0 radical (unpaired) electrons. The maximum Gasteiger partial charge on any atom is 0.228 e. The van der Waals surface area contributed by atoms with Crippen LogP contribution in [0.4, 0.5) is 5.69 Å². The zero-order chi connectivity index (χ0) is 17.8. The smallest absolute Gasteiger partial charge is 0.228 e. The molecule has 1 unspecified atom stereocenters. The molecule has 6 heteroatoms. The van der Waals surface area contributed by atoms with E-state index < -0.39 is 0 Å². The standard InChI is InChI=1S/C19H22N2O3S/c1-3-20(13-17-5-4-10-25-17)19(23)14-11-18(22)21(12-14)15-6-8-16(24-2)9-7-15/h4-10,14H,3,11-13H2,1-2H3. The van der Waals surface area contributed by atoms with E-state index in [0.717, 1.165) is 16.3 Å². The van der Waals surface area contributed by atoms with E-state index in [1.54, 1.807) is 23.3 Å². The summed E-state index contributed by atoms with van der Waals surface area (Å²) in [6.45, 7) is 3.67. The van der Waals surface area contributed by atoms with Crippen LogP contribution in [-0.2, 0) is 16.1 Å². The maximum atomic E-state index is 12.9. The summed E-state index contributed by atoms with van der Waals surface area (Å²) in [7, 11) is 1.61. The van der Waals surface area contributed by atoms with Crippen LogP contribution in [0.3, 0.4) is 0 Å². The van der Waals surface area contributed by atoms with Crippen molar-refractivity contribution < 1.29 is 14.3 Å². The second-order valence-electron chi connectivity index (χ2n) is 6.04. The lowest BCUT2D eigenvalue weighted by atomic mass is 10.1. The molecule has 1 aliphatic heterocycles. The molecule has 1 atom stereocenters. The van der Waals surface area contributed by atoms with Gasteiger partial charge in [0.05, 0.1) is 19.6 Å². The minimum atomic E-state index is -0.283. The first kappa shape index (κ1) is 17.5. The highest BCUT2D eigenvalue weighted by molar-refractivity contribution is 7.09. The summed E-state index contributed by atoms with van der Waals surface area (Å²) in [4.78, 5) is 29.9. The van der Waals surface area contributed by atoms with Crippen LogP contribution in [0.1, 0.15) is 18.2 Å². The number of nitrogens with zero attached hydrogens (tertiary/aromatic N) is 2. The molecule has 0 aliphatic carbocycles. The molecule has 1 saturated heterocycles. The molecule has 0 bridgehead atoms. The molecule has 1 aromatic carbocycles. The normalized spacial score (nSPS) is 17.0. The minimum absolute atomic E-state index is 0.00399. The van der Waals surface area contributed by atoms with Gasteiger partial charge in [-0.25, -0.2) is 0 Å². The lowest BCUT2D eigenvalue weighted by Gasteiger charge is -2.24. The molecule has 25 heavy (non-hydrogen) atoms. The first-order valence-corrected chi connectivity index (χ1v) is 9.26. The molecule has 2 heterocycles. The molecule has 3 rings (SSSR count). The summed E-state index contributed by atoms with van der Waals surface area (Å²) < 4.78 is 5.15. The number of amides is 2. The Kier molecular flexibility index (Phi) is 5.38. The molecule has 2 aromatic rings. The number of methoxy groups -OCH3 is 1. The van der Waals surface area contributed by atoms with Gasteiger partial charge in [-0.3, -0.25) is 9.59 Å². The quantitative estimate of drug-likeness (QED) is 0.797. The second kappa shape index (κ2) is 7.70. The Hall–Kier alpha value is -2.34. The number of benzene rings is 1. The highest BCUT2D eigenvalue weighted by Crippen LogP contribution is 2.28. The largest absolute Gasteiger partial charge is 0.497 e. The minimum Gasteiger partial charge on any atom is -0.497 e. The fourth-order valence-corrected chi connectivity index (χ4v) is 3.80. The van der Waals surface area contributed by atoms with E-state index in [2.05, 4.69) is 0 Å². The Bertz CT molecular complexity index is 728. The zero-order valence-electron chi connectivity index (χ0n) is 14.5. The topological polar surface area (TPSA) is 49.9 Å². The van der Waals surface area contributed by atoms with Crippen LogP contribution in [0, 0.1) is 5.92 Å². The van der Waals surface area contributed by atoms with Crippen LogP contribution in [0.25, 0.3) is 0 Å². The maximum absolute atomic E-state index is 12.9. The fourth-order valence-electron chi connectivity index (χ4n) is 3.08. The number of hydrogen-bond acceptors (Lipinski definition) is 4. The molecule has 1 aromatic heterocycles. The monoisotopic (exact) mass is 358 g/mol. The first-order chi connectivity index (χ1) is 12.1.